The normalized spacial score (nSPS) is 18.2. The maximum atomic E-state index is 10.7. The highest BCUT2D eigenvalue weighted by Crippen LogP contribution is 2.36. The SMILES string of the molecule is Cc1cc(NC2CCCN(C)C2)nnc1-c1ccc2ccccc2c1O. The van der Waals surface area contributed by atoms with E-state index in [2.05, 4.69) is 27.5 Å². The summed E-state index contributed by atoms with van der Waals surface area (Å²) in [6, 6.07) is 14.2. The summed E-state index contributed by atoms with van der Waals surface area (Å²) in [6.45, 7) is 4.19. The Labute approximate surface area is 153 Å². The molecule has 0 spiro atoms. The molecule has 1 aliphatic heterocycles. The minimum absolute atomic E-state index is 0.259. The van der Waals surface area contributed by atoms with Gasteiger partial charge in [0.25, 0.3) is 0 Å². The van der Waals surface area contributed by atoms with E-state index in [1.54, 1.807) is 0 Å². The van der Waals surface area contributed by atoms with Crippen molar-refractivity contribution in [1.82, 2.24) is 15.1 Å². The lowest BCUT2D eigenvalue weighted by Crippen LogP contribution is -2.39. The number of anilines is 1. The number of fused-ring (bicyclic) bond motifs is 1. The van der Waals surface area contributed by atoms with Gasteiger partial charge in [-0.15, -0.1) is 10.2 Å². The number of phenolic OH excluding ortho intramolecular Hbond substituents is 1. The molecule has 1 aliphatic rings. The molecule has 0 aliphatic carbocycles. The van der Waals surface area contributed by atoms with Crippen LogP contribution in [0.3, 0.4) is 0 Å². The molecule has 0 radical (unpaired) electrons. The monoisotopic (exact) mass is 348 g/mol. The molecule has 2 N–H and O–H groups in total. The molecule has 0 saturated carbocycles. The van der Waals surface area contributed by atoms with Crippen LogP contribution in [-0.4, -0.2) is 46.4 Å². The zero-order chi connectivity index (χ0) is 18.1. The molecule has 5 heteroatoms. The maximum Gasteiger partial charge on any atom is 0.149 e. The third-order valence-electron chi connectivity index (χ3n) is 5.12. The van der Waals surface area contributed by atoms with Crippen molar-refractivity contribution in [2.24, 2.45) is 0 Å². The van der Waals surface area contributed by atoms with E-state index in [1.165, 1.54) is 6.42 Å². The van der Waals surface area contributed by atoms with Crippen molar-refractivity contribution in [3.05, 3.63) is 48.0 Å². The van der Waals surface area contributed by atoms with Gasteiger partial charge < -0.3 is 15.3 Å². The number of likely N-dealkylation sites (tertiary alicyclic amines) is 1. The van der Waals surface area contributed by atoms with Gasteiger partial charge in [0.05, 0.1) is 5.69 Å². The van der Waals surface area contributed by atoms with Crippen molar-refractivity contribution >= 4 is 16.6 Å². The molecular weight excluding hydrogens is 324 g/mol. The summed E-state index contributed by atoms with van der Waals surface area (Å²) in [5.41, 5.74) is 2.44. The van der Waals surface area contributed by atoms with E-state index < -0.39 is 0 Å². The van der Waals surface area contributed by atoms with E-state index in [-0.39, 0.29) is 5.75 Å². The summed E-state index contributed by atoms with van der Waals surface area (Å²) in [7, 11) is 2.15. The van der Waals surface area contributed by atoms with Crippen molar-refractivity contribution in [2.75, 3.05) is 25.5 Å². The average molecular weight is 348 g/mol. The quantitative estimate of drug-likeness (QED) is 0.753. The van der Waals surface area contributed by atoms with Gasteiger partial charge in [-0.05, 0) is 56.4 Å². The number of benzene rings is 2. The number of piperidine rings is 1. The number of phenols is 1. The van der Waals surface area contributed by atoms with Gasteiger partial charge in [0.2, 0.25) is 0 Å². The van der Waals surface area contributed by atoms with Gasteiger partial charge in [-0.25, -0.2) is 0 Å². The standard InChI is InChI=1S/C21H24N4O/c1-14-12-19(22-16-7-5-11-25(2)13-16)23-24-20(14)18-10-9-15-6-3-4-8-17(15)21(18)26/h3-4,6,8-10,12,16,26H,5,7,11,13H2,1-2H3,(H,22,23). The fourth-order valence-corrected chi connectivity index (χ4v) is 3.76. The van der Waals surface area contributed by atoms with Crippen molar-refractivity contribution in [3.8, 4) is 17.0 Å². The van der Waals surface area contributed by atoms with Gasteiger partial charge in [0.1, 0.15) is 11.6 Å². The first kappa shape index (κ1) is 16.8. The fourth-order valence-electron chi connectivity index (χ4n) is 3.76. The van der Waals surface area contributed by atoms with E-state index in [1.807, 2.05) is 49.4 Å². The first-order valence-electron chi connectivity index (χ1n) is 9.12. The number of rotatable bonds is 3. The van der Waals surface area contributed by atoms with Crippen molar-refractivity contribution in [3.63, 3.8) is 0 Å². The van der Waals surface area contributed by atoms with Crippen LogP contribution in [0.2, 0.25) is 0 Å². The van der Waals surface area contributed by atoms with Crippen LogP contribution in [0, 0.1) is 6.92 Å². The number of nitrogens with zero attached hydrogens (tertiary/aromatic N) is 3. The van der Waals surface area contributed by atoms with Crippen LogP contribution in [0.1, 0.15) is 18.4 Å². The molecule has 5 nitrogen and oxygen atoms in total. The van der Waals surface area contributed by atoms with Crippen LogP contribution in [-0.2, 0) is 0 Å². The molecule has 1 atom stereocenters. The van der Waals surface area contributed by atoms with E-state index in [4.69, 9.17) is 0 Å². The van der Waals surface area contributed by atoms with E-state index in [0.717, 1.165) is 52.9 Å². The topological polar surface area (TPSA) is 61.3 Å². The lowest BCUT2D eigenvalue weighted by molar-refractivity contribution is 0.260. The maximum absolute atomic E-state index is 10.7. The molecule has 26 heavy (non-hydrogen) atoms. The summed E-state index contributed by atoms with van der Waals surface area (Å²) >= 11 is 0. The molecule has 0 amide bonds. The predicted molar refractivity (Wildman–Crippen MR) is 106 cm³/mol. The summed E-state index contributed by atoms with van der Waals surface area (Å²) in [4.78, 5) is 2.34. The number of nitrogens with one attached hydrogen (secondary N) is 1. The largest absolute Gasteiger partial charge is 0.507 e. The van der Waals surface area contributed by atoms with Crippen LogP contribution in [0.5, 0.6) is 5.75 Å². The number of aryl methyl sites for hydroxylation is 1. The van der Waals surface area contributed by atoms with Crippen LogP contribution >= 0.6 is 0 Å². The van der Waals surface area contributed by atoms with Gasteiger partial charge in [-0.1, -0.05) is 30.3 Å². The number of aromatic nitrogens is 2. The molecule has 1 unspecified atom stereocenters. The molecular formula is C21H24N4O. The Morgan fingerprint density at radius 3 is 2.81 bits per heavy atom. The van der Waals surface area contributed by atoms with Crippen LogP contribution in [0.25, 0.3) is 22.0 Å². The van der Waals surface area contributed by atoms with Crippen molar-refractivity contribution in [2.45, 2.75) is 25.8 Å². The second-order valence-electron chi connectivity index (χ2n) is 7.19. The highest BCUT2D eigenvalue weighted by atomic mass is 16.3. The zero-order valence-electron chi connectivity index (χ0n) is 15.2. The minimum Gasteiger partial charge on any atom is -0.507 e. The van der Waals surface area contributed by atoms with Crippen molar-refractivity contribution in [1.29, 1.82) is 0 Å². The fraction of sp³-hybridized carbons (Fsp3) is 0.333. The third kappa shape index (κ3) is 3.22. The van der Waals surface area contributed by atoms with Gasteiger partial charge in [0, 0.05) is 23.5 Å². The van der Waals surface area contributed by atoms with Gasteiger partial charge in [0.15, 0.2) is 0 Å². The Bertz CT molecular complexity index is 940. The number of hydrogen-bond acceptors (Lipinski definition) is 5. The molecule has 1 fully saturated rings. The van der Waals surface area contributed by atoms with Gasteiger partial charge >= 0.3 is 0 Å². The Balaban J connectivity index is 1.63. The Morgan fingerprint density at radius 2 is 2.00 bits per heavy atom. The second-order valence-corrected chi connectivity index (χ2v) is 7.19. The molecule has 2 heterocycles. The Morgan fingerprint density at radius 1 is 1.15 bits per heavy atom. The molecule has 1 saturated heterocycles. The summed E-state index contributed by atoms with van der Waals surface area (Å²) < 4.78 is 0. The smallest absolute Gasteiger partial charge is 0.149 e. The lowest BCUT2D eigenvalue weighted by Gasteiger charge is -2.30. The minimum atomic E-state index is 0.259. The van der Waals surface area contributed by atoms with Crippen molar-refractivity contribution < 1.29 is 5.11 Å². The van der Waals surface area contributed by atoms with E-state index >= 15 is 0 Å². The second kappa shape index (κ2) is 6.92. The number of likely N-dealkylation sites (N-methyl/N-ethyl adjacent to an activating group) is 1. The molecule has 3 aromatic rings. The first-order valence-corrected chi connectivity index (χ1v) is 9.12. The third-order valence-corrected chi connectivity index (χ3v) is 5.12. The first-order chi connectivity index (χ1) is 12.6. The van der Waals surface area contributed by atoms with Crippen LogP contribution < -0.4 is 5.32 Å². The van der Waals surface area contributed by atoms with Gasteiger partial charge in [-0.3, -0.25) is 0 Å². The number of hydrogen-bond donors (Lipinski definition) is 2. The number of aromatic hydroxyl groups is 1. The molecule has 134 valence electrons. The Kier molecular flexibility index (Phi) is 4.47. The predicted octanol–water partition coefficient (Wildman–Crippen LogP) is 3.82. The van der Waals surface area contributed by atoms with Gasteiger partial charge in [-0.2, -0.15) is 0 Å². The van der Waals surface area contributed by atoms with E-state index in [0.29, 0.717) is 6.04 Å². The summed E-state index contributed by atoms with van der Waals surface area (Å²) in [5.74, 6) is 1.06. The summed E-state index contributed by atoms with van der Waals surface area (Å²) in [6.07, 6.45) is 2.35. The highest BCUT2D eigenvalue weighted by Gasteiger charge is 2.18. The van der Waals surface area contributed by atoms with E-state index in [9.17, 15) is 5.11 Å². The Hall–Kier alpha value is -2.66. The highest BCUT2D eigenvalue weighted by molar-refractivity contribution is 5.94. The summed E-state index contributed by atoms with van der Waals surface area (Å²) in [5, 5.41) is 24.8. The molecule has 1 aromatic heterocycles. The molecule has 4 rings (SSSR count). The average Bonchev–Trinajstić information content (AvgIpc) is 2.63. The molecule has 2 aromatic carbocycles. The van der Waals surface area contributed by atoms with Crippen LogP contribution in [0.15, 0.2) is 42.5 Å². The zero-order valence-corrected chi connectivity index (χ0v) is 15.2. The molecule has 0 bridgehead atoms. The van der Waals surface area contributed by atoms with Crippen LogP contribution in [0.4, 0.5) is 5.82 Å². The lowest BCUT2D eigenvalue weighted by atomic mass is 10.0.